The minimum absolute atomic E-state index is 0.257. The van der Waals surface area contributed by atoms with Crippen LogP contribution in [0.2, 0.25) is 0 Å². The van der Waals surface area contributed by atoms with E-state index in [1.807, 2.05) is 38.1 Å². The first kappa shape index (κ1) is 77.7. The predicted octanol–water partition coefficient (Wildman–Crippen LogP) is 25.8. The summed E-state index contributed by atoms with van der Waals surface area (Å²) >= 11 is 0. The second-order valence-electron chi connectivity index (χ2n) is 23.1. The minimum Gasteiger partial charge on any atom is -0.494 e. The molecule has 0 amide bonds. The van der Waals surface area contributed by atoms with Crippen LogP contribution in [0.5, 0.6) is 23.0 Å². The third-order valence-corrected chi connectivity index (χ3v) is 15.6. The SMILES string of the molecule is CCCCCCCCCCc1ccc(-c2cccc(F)c2F)cc1.CCCCCOc1ccc(-c2cccc(F)c2F)cc1.CCCCOc1ccc(-c2cccc(F)c2F)cc1.CCCOc1ccc(-c2cccc(F)c2F)cc1.CCOc1ccc(-c2cccc(F)c2F)cc1. The lowest BCUT2D eigenvalue weighted by Crippen LogP contribution is -1.96. The summed E-state index contributed by atoms with van der Waals surface area (Å²) in [6.07, 6.45) is 17.9. The highest BCUT2D eigenvalue weighted by Crippen LogP contribution is 2.32. The van der Waals surface area contributed by atoms with Crippen LogP contribution in [-0.2, 0) is 6.42 Å². The van der Waals surface area contributed by atoms with Crippen molar-refractivity contribution in [2.45, 2.75) is 131 Å². The van der Waals surface area contributed by atoms with Crippen LogP contribution in [0, 0.1) is 58.2 Å². The van der Waals surface area contributed by atoms with Crippen molar-refractivity contribution in [3.8, 4) is 78.6 Å². The summed E-state index contributed by atoms with van der Waals surface area (Å²) in [5.41, 5.74) is 5.92. The van der Waals surface area contributed by atoms with Gasteiger partial charge >= 0.3 is 0 Å². The third-order valence-electron chi connectivity index (χ3n) is 15.6. The molecule has 14 heteroatoms. The van der Waals surface area contributed by atoms with Crippen LogP contribution in [0.1, 0.15) is 130 Å². The maximum Gasteiger partial charge on any atom is 0.166 e. The molecule has 0 saturated carbocycles. The zero-order chi connectivity index (χ0) is 70.4. The molecule has 10 rings (SSSR count). The maximum absolute atomic E-state index is 13.8. The first-order chi connectivity index (χ1) is 47.6. The quantitative estimate of drug-likeness (QED) is 0.0362. The van der Waals surface area contributed by atoms with Gasteiger partial charge in [-0.1, -0.05) is 225 Å². The largest absolute Gasteiger partial charge is 0.494 e. The lowest BCUT2D eigenvalue weighted by atomic mass is 10.00. The molecule has 0 heterocycles. The van der Waals surface area contributed by atoms with E-state index in [1.54, 1.807) is 133 Å². The molecular weight excluding hydrogens is 1260 g/mol. The molecule has 0 N–H and O–H groups in total. The Balaban J connectivity index is 0.000000194. The van der Waals surface area contributed by atoms with E-state index in [0.717, 1.165) is 98.1 Å². The molecule has 0 spiro atoms. The summed E-state index contributed by atoms with van der Waals surface area (Å²) in [7, 11) is 0. The van der Waals surface area contributed by atoms with E-state index in [2.05, 4.69) is 20.8 Å². The molecule has 518 valence electrons. The Kier molecular flexibility index (Phi) is 34.2. The Bertz CT molecular complexity index is 3900. The van der Waals surface area contributed by atoms with Gasteiger partial charge in [-0.3, -0.25) is 0 Å². The Morgan fingerprint density at radius 3 is 0.776 bits per heavy atom. The van der Waals surface area contributed by atoms with E-state index in [1.165, 1.54) is 81.2 Å². The van der Waals surface area contributed by atoms with Gasteiger partial charge in [0.2, 0.25) is 0 Å². The monoisotopic (exact) mass is 1350 g/mol. The molecule has 0 fully saturated rings. The van der Waals surface area contributed by atoms with Crippen molar-refractivity contribution in [1.82, 2.24) is 0 Å². The number of halogens is 10. The molecule has 10 aromatic rings. The number of benzene rings is 10. The Labute approximate surface area is 572 Å². The van der Waals surface area contributed by atoms with Crippen molar-refractivity contribution in [3.63, 3.8) is 0 Å². The zero-order valence-electron chi connectivity index (χ0n) is 56.6. The van der Waals surface area contributed by atoms with Crippen LogP contribution in [0.3, 0.4) is 0 Å². The molecule has 4 nitrogen and oxygen atoms in total. The molecule has 10 aromatic carbocycles. The molecule has 98 heavy (non-hydrogen) atoms. The fraction of sp³-hybridized carbons (Fsp3) is 0.286. The summed E-state index contributed by atoms with van der Waals surface area (Å²) in [6.45, 7) is 13.0. The van der Waals surface area contributed by atoms with Gasteiger partial charge in [0.1, 0.15) is 23.0 Å². The van der Waals surface area contributed by atoms with Crippen LogP contribution in [-0.4, -0.2) is 26.4 Å². The summed E-state index contributed by atoms with van der Waals surface area (Å²) in [5, 5.41) is 0. The average molecular weight is 1350 g/mol. The van der Waals surface area contributed by atoms with Crippen molar-refractivity contribution in [3.05, 3.63) is 276 Å². The number of hydrogen-bond donors (Lipinski definition) is 0. The van der Waals surface area contributed by atoms with E-state index in [9.17, 15) is 43.9 Å². The van der Waals surface area contributed by atoms with Gasteiger partial charge in [0, 0.05) is 27.8 Å². The fourth-order valence-corrected chi connectivity index (χ4v) is 10.1. The van der Waals surface area contributed by atoms with Gasteiger partial charge in [0.15, 0.2) is 58.2 Å². The van der Waals surface area contributed by atoms with Crippen molar-refractivity contribution in [1.29, 1.82) is 0 Å². The van der Waals surface area contributed by atoms with E-state index < -0.39 is 58.2 Å². The van der Waals surface area contributed by atoms with Crippen LogP contribution in [0.4, 0.5) is 43.9 Å². The van der Waals surface area contributed by atoms with E-state index in [0.29, 0.717) is 60.0 Å². The highest BCUT2D eigenvalue weighted by atomic mass is 19.2. The van der Waals surface area contributed by atoms with Gasteiger partial charge in [0.05, 0.1) is 26.4 Å². The molecule has 0 aromatic heterocycles. The second kappa shape index (κ2) is 43.1. The number of hydrogen-bond acceptors (Lipinski definition) is 4. The van der Waals surface area contributed by atoms with E-state index in [-0.39, 0.29) is 22.3 Å². The van der Waals surface area contributed by atoms with E-state index in [4.69, 9.17) is 18.9 Å². The highest BCUT2D eigenvalue weighted by molar-refractivity contribution is 5.68. The summed E-state index contributed by atoms with van der Waals surface area (Å²) in [4.78, 5) is 0. The number of unbranched alkanes of at least 4 members (excludes halogenated alkanes) is 10. The number of ether oxygens (including phenoxy) is 4. The first-order valence-electron chi connectivity index (χ1n) is 33.8. The van der Waals surface area contributed by atoms with Gasteiger partial charge in [0.25, 0.3) is 0 Å². The zero-order valence-corrected chi connectivity index (χ0v) is 56.6. The van der Waals surface area contributed by atoms with Gasteiger partial charge in [-0.2, -0.15) is 0 Å². The van der Waals surface area contributed by atoms with Gasteiger partial charge in [-0.15, -0.1) is 0 Å². The molecule has 0 bridgehead atoms. The highest BCUT2D eigenvalue weighted by Gasteiger charge is 2.15. The van der Waals surface area contributed by atoms with Crippen molar-refractivity contribution < 1.29 is 62.9 Å². The fourth-order valence-electron chi connectivity index (χ4n) is 10.1. The van der Waals surface area contributed by atoms with E-state index >= 15 is 0 Å². The first-order valence-corrected chi connectivity index (χ1v) is 33.8. The standard InChI is InChI=1S/C22H28F2.C17H18F2O.C16H16F2O.C15H14F2O.C14H12F2O/c1-2-3-4-5-6-7-8-9-11-18-14-16-19(17-15-18)20-12-10-13-21(23)22(20)24;1-2-3-4-12-20-14-10-8-13(9-11-14)15-6-5-7-16(18)17(15)19;1-2-3-11-19-13-9-7-12(8-10-13)14-5-4-6-15(17)16(14)18;1-2-10-18-12-8-6-11(7-9-12)13-4-3-5-14(16)15(13)17;1-2-17-11-8-6-10(7-9-11)12-4-3-5-13(15)14(12)16/h10,12-17H,2-9,11H2,1H3;5-11H,2-4,12H2,1H3;4-10H,2-3,11H2,1H3;3-9H,2,10H2,1H3;3-9H,2H2,1H3. The summed E-state index contributed by atoms with van der Waals surface area (Å²) in [5.74, 6) is -5.23. The lowest BCUT2D eigenvalue weighted by molar-refractivity contribution is 0.306. The van der Waals surface area contributed by atoms with Gasteiger partial charge < -0.3 is 18.9 Å². The van der Waals surface area contributed by atoms with Crippen LogP contribution >= 0.6 is 0 Å². The molecule has 0 saturated heterocycles. The van der Waals surface area contributed by atoms with Crippen LogP contribution in [0.25, 0.3) is 55.6 Å². The average Bonchev–Trinajstić information content (AvgIpc) is 0.877. The molecule has 0 unspecified atom stereocenters. The van der Waals surface area contributed by atoms with Crippen LogP contribution in [0.15, 0.2) is 212 Å². The summed E-state index contributed by atoms with van der Waals surface area (Å²) in [6, 6.07) is 56.7. The molecule has 0 atom stereocenters. The number of rotatable bonds is 28. The summed E-state index contributed by atoms with van der Waals surface area (Å²) < 4.78 is 156. The van der Waals surface area contributed by atoms with Gasteiger partial charge in [-0.25, -0.2) is 43.9 Å². The molecule has 0 aliphatic heterocycles. The van der Waals surface area contributed by atoms with Crippen LogP contribution < -0.4 is 18.9 Å². The molecule has 0 aliphatic rings. The Morgan fingerprint density at radius 1 is 0.224 bits per heavy atom. The Morgan fingerprint density at radius 2 is 0.480 bits per heavy atom. The smallest absolute Gasteiger partial charge is 0.166 e. The Hall–Kier alpha value is -9.30. The van der Waals surface area contributed by atoms with Crippen molar-refractivity contribution >= 4 is 0 Å². The molecule has 0 aliphatic carbocycles. The minimum atomic E-state index is -0.837. The lowest BCUT2D eigenvalue weighted by Gasteiger charge is -2.08. The number of aryl methyl sites for hydroxylation is 1. The normalized spacial score (nSPS) is 10.6. The topological polar surface area (TPSA) is 36.9 Å². The molecular formula is C84H88F10O4. The second-order valence-corrected chi connectivity index (χ2v) is 23.1. The maximum atomic E-state index is 13.8. The molecule has 0 radical (unpaired) electrons. The van der Waals surface area contributed by atoms with Crippen molar-refractivity contribution in [2.24, 2.45) is 0 Å². The van der Waals surface area contributed by atoms with Gasteiger partial charge in [-0.05, 0) is 151 Å². The predicted molar refractivity (Wildman–Crippen MR) is 378 cm³/mol. The van der Waals surface area contributed by atoms with Crippen molar-refractivity contribution in [2.75, 3.05) is 26.4 Å². The third kappa shape index (κ3) is 25.3.